The molecule has 1 aromatic heterocycles. The van der Waals surface area contributed by atoms with Crippen LogP contribution < -0.4 is 0 Å². The van der Waals surface area contributed by atoms with E-state index in [1.807, 2.05) is 0 Å². The third kappa shape index (κ3) is 1.48. The van der Waals surface area contributed by atoms with E-state index in [0.717, 1.165) is 12.4 Å². The van der Waals surface area contributed by atoms with Gasteiger partial charge >= 0.3 is 0 Å². The molecule has 0 saturated carbocycles. The van der Waals surface area contributed by atoms with E-state index in [1.165, 1.54) is 6.92 Å². The summed E-state index contributed by atoms with van der Waals surface area (Å²) in [5.41, 5.74) is 0. The Bertz CT molecular complexity index is 209. The summed E-state index contributed by atoms with van der Waals surface area (Å²) in [5.74, 6) is -0.259. The zero-order chi connectivity index (χ0) is 7.56. The van der Waals surface area contributed by atoms with Crippen LogP contribution in [0.25, 0.3) is 0 Å². The molecule has 0 saturated heterocycles. The van der Waals surface area contributed by atoms with Gasteiger partial charge in [0.25, 0.3) is 0 Å². The van der Waals surface area contributed by atoms with Crippen LogP contribution in [0.4, 0.5) is 4.39 Å². The summed E-state index contributed by atoms with van der Waals surface area (Å²) in [5, 5.41) is 8.87. The lowest BCUT2D eigenvalue weighted by molar-refractivity contribution is 0.188. The van der Waals surface area contributed by atoms with Gasteiger partial charge in [-0.15, -0.1) is 0 Å². The van der Waals surface area contributed by atoms with Crippen molar-refractivity contribution in [2.24, 2.45) is 0 Å². The van der Waals surface area contributed by atoms with Crippen molar-refractivity contribution >= 4 is 0 Å². The maximum absolute atomic E-state index is 12.1. The molecule has 1 rings (SSSR count). The topological polar surface area (TPSA) is 46.0 Å². The smallest absolute Gasteiger partial charge is 0.159 e. The Morgan fingerprint density at radius 3 is 2.40 bits per heavy atom. The largest absolute Gasteiger partial charge is 0.385 e. The fourth-order valence-electron chi connectivity index (χ4n) is 0.538. The van der Waals surface area contributed by atoms with Gasteiger partial charge in [-0.3, -0.25) is 0 Å². The first-order valence-corrected chi connectivity index (χ1v) is 2.85. The summed E-state index contributed by atoms with van der Waals surface area (Å²) in [7, 11) is 0. The zero-order valence-corrected chi connectivity index (χ0v) is 5.45. The molecule has 3 nitrogen and oxygen atoms in total. The third-order valence-electron chi connectivity index (χ3n) is 1.01. The van der Waals surface area contributed by atoms with Gasteiger partial charge in [0.05, 0.1) is 12.4 Å². The molecular weight excluding hydrogens is 135 g/mol. The Morgan fingerprint density at radius 1 is 1.50 bits per heavy atom. The highest BCUT2D eigenvalue weighted by Crippen LogP contribution is 2.03. The Labute approximate surface area is 57.6 Å². The van der Waals surface area contributed by atoms with Gasteiger partial charge in [-0.05, 0) is 6.92 Å². The Morgan fingerprint density at radius 2 is 2.00 bits per heavy atom. The molecule has 0 unspecified atom stereocenters. The monoisotopic (exact) mass is 142 g/mol. The SMILES string of the molecule is C[C@@H](O)c1ncc(F)cn1. The van der Waals surface area contributed by atoms with Gasteiger partial charge in [0, 0.05) is 0 Å². The Kier molecular flexibility index (Phi) is 1.91. The molecular formula is C6H7FN2O. The van der Waals surface area contributed by atoms with E-state index in [2.05, 4.69) is 9.97 Å². The minimum absolute atomic E-state index is 0.237. The molecule has 0 aromatic carbocycles. The van der Waals surface area contributed by atoms with Crippen molar-refractivity contribution in [1.82, 2.24) is 9.97 Å². The number of aromatic nitrogens is 2. The molecule has 0 radical (unpaired) electrons. The number of hydrogen-bond donors (Lipinski definition) is 1. The van der Waals surface area contributed by atoms with Crippen molar-refractivity contribution < 1.29 is 9.50 Å². The van der Waals surface area contributed by atoms with Crippen molar-refractivity contribution in [3.8, 4) is 0 Å². The molecule has 1 heterocycles. The number of hydrogen-bond acceptors (Lipinski definition) is 3. The summed E-state index contributed by atoms with van der Waals surface area (Å²) < 4.78 is 12.1. The van der Waals surface area contributed by atoms with Crippen LogP contribution in [0.3, 0.4) is 0 Å². The van der Waals surface area contributed by atoms with Gasteiger partial charge in [0.2, 0.25) is 0 Å². The van der Waals surface area contributed by atoms with Gasteiger partial charge in [0.15, 0.2) is 11.6 Å². The summed E-state index contributed by atoms with van der Waals surface area (Å²) in [6.07, 6.45) is 1.31. The van der Waals surface area contributed by atoms with Crippen LogP contribution in [-0.2, 0) is 0 Å². The highest BCUT2D eigenvalue weighted by Gasteiger charge is 2.02. The fraction of sp³-hybridized carbons (Fsp3) is 0.333. The summed E-state index contributed by atoms with van der Waals surface area (Å²) in [6, 6.07) is 0. The van der Waals surface area contributed by atoms with Gasteiger partial charge in [-0.2, -0.15) is 0 Å². The zero-order valence-electron chi connectivity index (χ0n) is 5.45. The predicted molar refractivity (Wildman–Crippen MR) is 32.6 cm³/mol. The molecule has 54 valence electrons. The lowest BCUT2D eigenvalue weighted by Crippen LogP contribution is -1.98. The third-order valence-corrected chi connectivity index (χ3v) is 1.01. The molecule has 0 aliphatic rings. The molecule has 0 aliphatic heterocycles. The van der Waals surface area contributed by atoms with E-state index in [-0.39, 0.29) is 5.82 Å². The lowest BCUT2D eigenvalue weighted by Gasteiger charge is -1.99. The number of aliphatic hydroxyl groups is 1. The molecule has 0 spiro atoms. The summed E-state index contributed by atoms with van der Waals surface area (Å²) in [4.78, 5) is 7.08. The van der Waals surface area contributed by atoms with Crippen LogP contribution in [0.1, 0.15) is 18.9 Å². The van der Waals surface area contributed by atoms with Gasteiger partial charge in [-0.1, -0.05) is 0 Å². The van der Waals surface area contributed by atoms with Crippen LogP contribution in [-0.4, -0.2) is 15.1 Å². The average molecular weight is 142 g/mol. The maximum Gasteiger partial charge on any atom is 0.159 e. The second-order valence-electron chi connectivity index (χ2n) is 1.94. The van der Waals surface area contributed by atoms with Crippen molar-refractivity contribution in [1.29, 1.82) is 0 Å². The minimum Gasteiger partial charge on any atom is -0.385 e. The highest BCUT2D eigenvalue weighted by atomic mass is 19.1. The predicted octanol–water partition coefficient (Wildman–Crippen LogP) is 0.669. The minimum atomic E-state index is -0.736. The summed E-state index contributed by atoms with van der Waals surface area (Å²) >= 11 is 0. The summed E-state index contributed by atoms with van der Waals surface area (Å²) in [6.45, 7) is 1.52. The first-order chi connectivity index (χ1) is 4.70. The average Bonchev–Trinajstić information content (AvgIpc) is 1.88. The van der Waals surface area contributed by atoms with Crippen LogP contribution in [0, 0.1) is 5.82 Å². The molecule has 1 atom stereocenters. The van der Waals surface area contributed by atoms with Gasteiger partial charge in [-0.25, -0.2) is 14.4 Å². The van der Waals surface area contributed by atoms with E-state index in [4.69, 9.17) is 5.11 Å². The second kappa shape index (κ2) is 2.70. The van der Waals surface area contributed by atoms with Crippen LogP contribution >= 0.6 is 0 Å². The molecule has 4 heteroatoms. The maximum atomic E-state index is 12.1. The molecule has 0 amide bonds. The molecule has 0 bridgehead atoms. The van der Waals surface area contributed by atoms with Gasteiger partial charge in [0.1, 0.15) is 6.10 Å². The molecule has 0 aliphatic carbocycles. The van der Waals surface area contributed by atoms with Crippen molar-refractivity contribution in [2.75, 3.05) is 0 Å². The van der Waals surface area contributed by atoms with E-state index >= 15 is 0 Å². The number of halogens is 1. The number of rotatable bonds is 1. The Hall–Kier alpha value is -1.03. The molecule has 1 aromatic rings. The number of aliphatic hydroxyl groups excluding tert-OH is 1. The molecule has 10 heavy (non-hydrogen) atoms. The first kappa shape index (κ1) is 7.08. The number of nitrogens with zero attached hydrogens (tertiary/aromatic N) is 2. The van der Waals surface area contributed by atoms with Gasteiger partial charge < -0.3 is 5.11 Å². The Balaban J connectivity index is 2.89. The normalized spacial score (nSPS) is 13.1. The van der Waals surface area contributed by atoms with Crippen molar-refractivity contribution in [3.63, 3.8) is 0 Å². The van der Waals surface area contributed by atoms with Crippen LogP contribution in [0.2, 0.25) is 0 Å². The van der Waals surface area contributed by atoms with E-state index in [9.17, 15) is 4.39 Å². The van der Waals surface area contributed by atoms with Crippen molar-refractivity contribution in [2.45, 2.75) is 13.0 Å². The van der Waals surface area contributed by atoms with Crippen LogP contribution in [0.15, 0.2) is 12.4 Å². The van der Waals surface area contributed by atoms with E-state index in [1.54, 1.807) is 0 Å². The second-order valence-corrected chi connectivity index (χ2v) is 1.94. The van der Waals surface area contributed by atoms with Crippen molar-refractivity contribution in [3.05, 3.63) is 24.0 Å². The quantitative estimate of drug-likeness (QED) is 0.626. The van der Waals surface area contributed by atoms with E-state index in [0.29, 0.717) is 0 Å². The molecule has 1 N–H and O–H groups in total. The lowest BCUT2D eigenvalue weighted by atomic mass is 10.4. The molecule has 0 fully saturated rings. The fourth-order valence-corrected chi connectivity index (χ4v) is 0.538. The standard InChI is InChI=1S/C6H7FN2O/c1-4(10)6-8-2-5(7)3-9-6/h2-4,10H,1H3/t4-/m1/s1. The van der Waals surface area contributed by atoms with E-state index < -0.39 is 11.9 Å². The first-order valence-electron chi connectivity index (χ1n) is 2.85. The van der Waals surface area contributed by atoms with Crippen LogP contribution in [0.5, 0.6) is 0 Å². The highest BCUT2D eigenvalue weighted by molar-refractivity contribution is 4.92.